The summed E-state index contributed by atoms with van der Waals surface area (Å²) >= 11 is 7.91. The van der Waals surface area contributed by atoms with Crippen molar-refractivity contribution in [3.8, 4) is 0 Å². The van der Waals surface area contributed by atoms with Gasteiger partial charge in [0.15, 0.2) is 0 Å². The maximum absolute atomic E-state index is 8.82. The standard InChI is InChI=1S/C8H9ClINO/c9-5-1-2-6(7(10)3-5)8(11)4-12/h1-3,8,12H,4,11H2/t8-/m0/s1. The molecule has 0 radical (unpaired) electrons. The first kappa shape index (κ1) is 10.2. The molecule has 0 saturated heterocycles. The number of halogens is 2. The Kier molecular flexibility index (Phi) is 3.77. The molecule has 0 saturated carbocycles. The second kappa shape index (κ2) is 4.41. The summed E-state index contributed by atoms with van der Waals surface area (Å²) in [6.45, 7) is -0.0440. The monoisotopic (exact) mass is 297 g/mol. The van der Waals surface area contributed by atoms with Crippen LogP contribution in [0.5, 0.6) is 0 Å². The van der Waals surface area contributed by atoms with Crippen molar-refractivity contribution in [1.82, 2.24) is 0 Å². The Labute approximate surface area is 89.9 Å². The molecule has 0 aliphatic carbocycles. The zero-order valence-corrected chi connectivity index (χ0v) is 9.21. The zero-order valence-electron chi connectivity index (χ0n) is 6.30. The highest BCUT2D eigenvalue weighted by molar-refractivity contribution is 14.1. The van der Waals surface area contributed by atoms with Crippen LogP contribution in [-0.2, 0) is 0 Å². The molecule has 0 aromatic heterocycles. The molecule has 1 rings (SSSR count). The van der Waals surface area contributed by atoms with E-state index in [1.54, 1.807) is 6.07 Å². The molecule has 0 aliphatic heterocycles. The van der Waals surface area contributed by atoms with Crippen LogP contribution in [0.3, 0.4) is 0 Å². The molecule has 66 valence electrons. The van der Waals surface area contributed by atoms with E-state index in [4.69, 9.17) is 22.4 Å². The number of hydrogen-bond donors (Lipinski definition) is 2. The zero-order chi connectivity index (χ0) is 9.14. The van der Waals surface area contributed by atoms with Gasteiger partial charge >= 0.3 is 0 Å². The van der Waals surface area contributed by atoms with Gasteiger partial charge in [-0.05, 0) is 40.3 Å². The number of aliphatic hydroxyl groups is 1. The van der Waals surface area contributed by atoms with Crippen molar-refractivity contribution in [2.75, 3.05) is 6.61 Å². The number of benzene rings is 1. The van der Waals surface area contributed by atoms with Gasteiger partial charge in [0.05, 0.1) is 12.6 Å². The fourth-order valence-electron chi connectivity index (χ4n) is 0.901. The Morgan fingerprint density at radius 3 is 2.75 bits per heavy atom. The lowest BCUT2D eigenvalue weighted by molar-refractivity contribution is 0.267. The molecule has 0 spiro atoms. The van der Waals surface area contributed by atoms with E-state index in [1.165, 1.54) is 0 Å². The summed E-state index contributed by atoms with van der Waals surface area (Å²) in [5.41, 5.74) is 6.58. The largest absolute Gasteiger partial charge is 0.394 e. The van der Waals surface area contributed by atoms with E-state index < -0.39 is 0 Å². The van der Waals surface area contributed by atoms with Crippen molar-refractivity contribution >= 4 is 34.2 Å². The Bertz CT molecular complexity index is 280. The van der Waals surface area contributed by atoms with Gasteiger partial charge in [-0.3, -0.25) is 0 Å². The third-order valence-corrected chi connectivity index (χ3v) is 2.73. The second-order valence-corrected chi connectivity index (χ2v) is 4.05. The smallest absolute Gasteiger partial charge is 0.0624 e. The molecular formula is C8H9ClINO. The average Bonchev–Trinajstić information content (AvgIpc) is 2.03. The molecule has 4 heteroatoms. The molecule has 0 fully saturated rings. The first-order chi connectivity index (χ1) is 5.65. The summed E-state index contributed by atoms with van der Waals surface area (Å²) in [6.07, 6.45) is 0. The van der Waals surface area contributed by atoms with Crippen LogP contribution in [0.25, 0.3) is 0 Å². The molecule has 0 aliphatic rings. The van der Waals surface area contributed by atoms with E-state index in [9.17, 15) is 0 Å². The molecule has 1 aromatic rings. The van der Waals surface area contributed by atoms with Crippen LogP contribution in [-0.4, -0.2) is 11.7 Å². The van der Waals surface area contributed by atoms with E-state index in [0.717, 1.165) is 9.13 Å². The van der Waals surface area contributed by atoms with Crippen molar-refractivity contribution < 1.29 is 5.11 Å². The van der Waals surface area contributed by atoms with Crippen molar-refractivity contribution in [2.24, 2.45) is 5.73 Å². The van der Waals surface area contributed by atoms with Crippen molar-refractivity contribution in [3.63, 3.8) is 0 Å². The summed E-state index contributed by atoms with van der Waals surface area (Å²) in [4.78, 5) is 0. The highest BCUT2D eigenvalue weighted by Crippen LogP contribution is 2.21. The molecule has 3 N–H and O–H groups in total. The predicted molar refractivity (Wildman–Crippen MR) is 58.2 cm³/mol. The number of nitrogens with two attached hydrogens (primary N) is 1. The van der Waals surface area contributed by atoms with Crippen molar-refractivity contribution in [3.05, 3.63) is 32.4 Å². The minimum atomic E-state index is -0.311. The van der Waals surface area contributed by atoms with Crippen LogP contribution in [0.1, 0.15) is 11.6 Å². The fourth-order valence-corrected chi connectivity index (χ4v) is 2.17. The predicted octanol–water partition coefficient (Wildman–Crippen LogP) is 1.94. The molecular weight excluding hydrogens is 288 g/mol. The normalized spacial score (nSPS) is 13.0. The Morgan fingerprint density at radius 1 is 1.58 bits per heavy atom. The number of hydrogen-bond acceptors (Lipinski definition) is 2. The third kappa shape index (κ3) is 2.32. The minimum Gasteiger partial charge on any atom is -0.394 e. The van der Waals surface area contributed by atoms with Crippen LogP contribution in [0, 0.1) is 3.57 Å². The van der Waals surface area contributed by atoms with E-state index in [-0.39, 0.29) is 12.6 Å². The summed E-state index contributed by atoms with van der Waals surface area (Å²) in [5, 5.41) is 9.51. The quantitative estimate of drug-likeness (QED) is 0.820. The van der Waals surface area contributed by atoms with Gasteiger partial charge in [-0.2, -0.15) is 0 Å². The Hall–Kier alpha value is 0.160. The Balaban J connectivity index is 3.01. The van der Waals surface area contributed by atoms with Crippen LogP contribution in [0.4, 0.5) is 0 Å². The van der Waals surface area contributed by atoms with Crippen LogP contribution in [0.2, 0.25) is 5.02 Å². The molecule has 0 bridgehead atoms. The third-order valence-electron chi connectivity index (χ3n) is 1.56. The Morgan fingerprint density at radius 2 is 2.25 bits per heavy atom. The van der Waals surface area contributed by atoms with E-state index in [2.05, 4.69) is 22.6 Å². The van der Waals surface area contributed by atoms with Gasteiger partial charge in [-0.1, -0.05) is 17.7 Å². The lowest BCUT2D eigenvalue weighted by Crippen LogP contribution is -2.15. The molecule has 12 heavy (non-hydrogen) atoms. The lowest BCUT2D eigenvalue weighted by Gasteiger charge is -2.10. The SMILES string of the molecule is N[C@@H](CO)c1ccc(Cl)cc1I. The molecule has 0 heterocycles. The molecule has 1 atom stereocenters. The topological polar surface area (TPSA) is 46.2 Å². The van der Waals surface area contributed by atoms with Gasteiger partial charge in [0.25, 0.3) is 0 Å². The van der Waals surface area contributed by atoms with Gasteiger partial charge in [-0.25, -0.2) is 0 Å². The van der Waals surface area contributed by atoms with Gasteiger partial charge in [-0.15, -0.1) is 0 Å². The average molecular weight is 298 g/mol. The summed E-state index contributed by atoms with van der Waals surface area (Å²) < 4.78 is 0.988. The van der Waals surface area contributed by atoms with Crippen LogP contribution in [0.15, 0.2) is 18.2 Å². The molecule has 0 unspecified atom stereocenters. The van der Waals surface area contributed by atoms with Gasteiger partial charge in [0.2, 0.25) is 0 Å². The van der Waals surface area contributed by atoms with Crippen molar-refractivity contribution in [1.29, 1.82) is 0 Å². The first-order valence-electron chi connectivity index (χ1n) is 3.46. The molecule has 0 amide bonds. The maximum Gasteiger partial charge on any atom is 0.0624 e. The lowest BCUT2D eigenvalue weighted by atomic mass is 10.1. The van der Waals surface area contributed by atoms with E-state index in [0.29, 0.717) is 5.02 Å². The van der Waals surface area contributed by atoms with E-state index in [1.807, 2.05) is 12.1 Å². The van der Waals surface area contributed by atoms with Crippen molar-refractivity contribution in [2.45, 2.75) is 6.04 Å². The second-order valence-electron chi connectivity index (χ2n) is 2.45. The van der Waals surface area contributed by atoms with Crippen LogP contribution >= 0.6 is 34.2 Å². The number of aliphatic hydroxyl groups excluding tert-OH is 1. The first-order valence-corrected chi connectivity index (χ1v) is 4.92. The highest BCUT2D eigenvalue weighted by atomic mass is 127. The highest BCUT2D eigenvalue weighted by Gasteiger charge is 2.07. The summed E-state index contributed by atoms with van der Waals surface area (Å²) in [7, 11) is 0. The minimum absolute atomic E-state index is 0.0440. The molecule has 1 aromatic carbocycles. The van der Waals surface area contributed by atoms with E-state index >= 15 is 0 Å². The van der Waals surface area contributed by atoms with Gasteiger partial charge < -0.3 is 10.8 Å². The van der Waals surface area contributed by atoms with Gasteiger partial charge in [0, 0.05) is 8.59 Å². The molecule has 2 nitrogen and oxygen atoms in total. The van der Waals surface area contributed by atoms with Gasteiger partial charge in [0.1, 0.15) is 0 Å². The summed E-state index contributed by atoms with van der Waals surface area (Å²) in [6, 6.07) is 5.13. The summed E-state index contributed by atoms with van der Waals surface area (Å²) in [5.74, 6) is 0. The number of rotatable bonds is 2. The fraction of sp³-hybridized carbons (Fsp3) is 0.250. The van der Waals surface area contributed by atoms with Crippen LogP contribution < -0.4 is 5.73 Å². The maximum atomic E-state index is 8.82.